The van der Waals surface area contributed by atoms with Crippen molar-refractivity contribution < 1.29 is 13.9 Å². The van der Waals surface area contributed by atoms with Crippen LogP contribution in [0.25, 0.3) is 0 Å². The molecule has 0 bridgehead atoms. The molecule has 4 heteroatoms. The fourth-order valence-corrected chi connectivity index (χ4v) is 1.94. The minimum absolute atomic E-state index is 0.0340. The van der Waals surface area contributed by atoms with E-state index in [1.54, 1.807) is 18.2 Å². The zero-order valence-electron chi connectivity index (χ0n) is 9.61. The Morgan fingerprint density at radius 2 is 1.78 bits per heavy atom. The van der Waals surface area contributed by atoms with Gasteiger partial charge in [-0.1, -0.05) is 18.2 Å². The van der Waals surface area contributed by atoms with Gasteiger partial charge in [0.25, 0.3) is 0 Å². The molecule has 2 rings (SSSR count). The third kappa shape index (κ3) is 2.59. The average Bonchev–Trinajstić information content (AvgIpc) is 2.31. The van der Waals surface area contributed by atoms with E-state index in [4.69, 9.17) is 4.74 Å². The van der Waals surface area contributed by atoms with Gasteiger partial charge in [0.2, 0.25) is 0 Å². The molecule has 0 saturated carbocycles. The lowest BCUT2D eigenvalue weighted by atomic mass is 10.1. The number of halogens is 2. The molecule has 0 saturated heterocycles. The summed E-state index contributed by atoms with van der Waals surface area (Å²) < 4.78 is 19.9. The monoisotopic (exact) mass is 308 g/mol. The number of hydrogen-bond donors (Lipinski definition) is 0. The Balaban J connectivity index is 2.44. The molecule has 0 fully saturated rings. The second-order valence-corrected chi connectivity index (χ2v) is 4.56. The molecule has 0 heterocycles. The van der Waals surface area contributed by atoms with Crippen molar-refractivity contribution in [2.45, 2.75) is 6.92 Å². The Morgan fingerprint density at radius 3 is 2.44 bits per heavy atom. The second-order valence-electron chi connectivity index (χ2n) is 3.70. The third-order valence-corrected chi connectivity index (χ3v) is 3.04. The predicted molar refractivity (Wildman–Crippen MR) is 70.6 cm³/mol. The summed E-state index contributed by atoms with van der Waals surface area (Å²) in [5.74, 6) is -0.192. The highest BCUT2D eigenvalue weighted by Gasteiger charge is 2.15. The van der Waals surface area contributed by atoms with Gasteiger partial charge in [-0.3, -0.25) is 4.79 Å². The summed E-state index contributed by atoms with van der Waals surface area (Å²) in [6.07, 6.45) is 0. The molecule has 0 N–H and O–H groups in total. The summed E-state index contributed by atoms with van der Waals surface area (Å²) >= 11 is 3.33. The zero-order valence-corrected chi connectivity index (χ0v) is 11.2. The highest BCUT2D eigenvalue weighted by atomic mass is 79.9. The van der Waals surface area contributed by atoms with Crippen LogP contribution in [0.5, 0.6) is 11.5 Å². The normalized spacial score (nSPS) is 10.2. The molecule has 0 radical (unpaired) electrons. The van der Waals surface area contributed by atoms with E-state index >= 15 is 0 Å². The molecule has 92 valence electrons. The van der Waals surface area contributed by atoms with E-state index in [9.17, 15) is 9.18 Å². The molecule has 18 heavy (non-hydrogen) atoms. The smallest absolute Gasteiger partial charge is 0.166 e. The fraction of sp³-hybridized carbons (Fsp3) is 0.0714. The van der Waals surface area contributed by atoms with Crippen LogP contribution in [0, 0.1) is 5.82 Å². The van der Waals surface area contributed by atoms with E-state index < -0.39 is 5.82 Å². The second kappa shape index (κ2) is 5.31. The number of para-hydroxylation sites is 1. The lowest BCUT2D eigenvalue weighted by molar-refractivity contribution is 0.101. The van der Waals surface area contributed by atoms with E-state index in [1.165, 1.54) is 19.1 Å². The van der Waals surface area contributed by atoms with Crippen molar-refractivity contribution in [3.05, 3.63) is 58.3 Å². The molecule has 0 unspecified atom stereocenters. The van der Waals surface area contributed by atoms with Gasteiger partial charge in [-0.15, -0.1) is 0 Å². The summed E-state index contributed by atoms with van der Waals surface area (Å²) in [7, 11) is 0. The summed E-state index contributed by atoms with van der Waals surface area (Å²) in [5.41, 5.74) is -0.0340. The zero-order chi connectivity index (χ0) is 13.1. The Bertz CT molecular complexity index is 596. The van der Waals surface area contributed by atoms with Crippen molar-refractivity contribution in [2.75, 3.05) is 0 Å². The minimum atomic E-state index is -0.577. The first-order chi connectivity index (χ1) is 8.59. The summed E-state index contributed by atoms with van der Waals surface area (Å²) in [6.45, 7) is 1.31. The molecule has 0 aliphatic rings. The topological polar surface area (TPSA) is 26.3 Å². The van der Waals surface area contributed by atoms with E-state index in [-0.39, 0.29) is 17.1 Å². The molecule has 0 aliphatic heterocycles. The van der Waals surface area contributed by atoms with E-state index in [1.807, 2.05) is 12.1 Å². The van der Waals surface area contributed by atoms with Gasteiger partial charge < -0.3 is 4.74 Å². The Morgan fingerprint density at radius 1 is 1.11 bits per heavy atom. The number of Topliss-reactive ketones (excluding diaryl/α,β-unsaturated/α-hetero) is 1. The quantitative estimate of drug-likeness (QED) is 0.776. The molecule has 2 aromatic rings. The maximum absolute atomic E-state index is 13.6. The number of benzene rings is 2. The van der Waals surface area contributed by atoms with Gasteiger partial charge in [0.15, 0.2) is 5.78 Å². The number of ketones is 1. The Labute approximate surface area is 113 Å². The lowest BCUT2D eigenvalue weighted by Gasteiger charge is -2.11. The van der Waals surface area contributed by atoms with Gasteiger partial charge in [0, 0.05) is 0 Å². The van der Waals surface area contributed by atoms with Crippen molar-refractivity contribution in [3.8, 4) is 11.5 Å². The molecule has 0 amide bonds. The maximum atomic E-state index is 13.6. The van der Waals surface area contributed by atoms with Crippen molar-refractivity contribution in [1.29, 1.82) is 0 Å². The van der Waals surface area contributed by atoms with Crippen LogP contribution >= 0.6 is 15.9 Å². The third-order valence-electron chi connectivity index (χ3n) is 2.38. The molecule has 0 spiro atoms. The maximum Gasteiger partial charge on any atom is 0.166 e. The van der Waals surface area contributed by atoms with E-state index in [0.29, 0.717) is 5.75 Å². The van der Waals surface area contributed by atoms with Crippen molar-refractivity contribution in [2.24, 2.45) is 0 Å². The summed E-state index contributed by atoms with van der Waals surface area (Å²) in [6, 6.07) is 11.5. The molecule has 0 aliphatic carbocycles. The van der Waals surface area contributed by atoms with Crippen LogP contribution in [0.4, 0.5) is 4.39 Å². The van der Waals surface area contributed by atoms with Crippen LogP contribution < -0.4 is 4.74 Å². The van der Waals surface area contributed by atoms with Gasteiger partial charge in [0.05, 0.1) is 10.0 Å². The van der Waals surface area contributed by atoms with E-state index in [2.05, 4.69) is 15.9 Å². The van der Waals surface area contributed by atoms with Crippen LogP contribution in [0.3, 0.4) is 0 Å². The van der Waals surface area contributed by atoms with E-state index in [0.717, 1.165) is 4.47 Å². The Hall–Kier alpha value is -1.68. The van der Waals surface area contributed by atoms with Gasteiger partial charge in [-0.05, 0) is 47.1 Å². The highest BCUT2D eigenvalue weighted by Crippen LogP contribution is 2.32. The lowest BCUT2D eigenvalue weighted by Crippen LogP contribution is -2.01. The van der Waals surface area contributed by atoms with Gasteiger partial charge in [-0.2, -0.15) is 0 Å². The first-order valence-electron chi connectivity index (χ1n) is 5.31. The van der Waals surface area contributed by atoms with Crippen LogP contribution in [0.2, 0.25) is 0 Å². The molecule has 0 aromatic heterocycles. The molecule has 0 atom stereocenters. The Kier molecular flexibility index (Phi) is 3.77. The largest absolute Gasteiger partial charge is 0.455 e. The molecular formula is C14H10BrFO2. The van der Waals surface area contributed by atoms with Crippen LogP contribution in [-0.4, -0.2) is 5.78 Å². The standard InChI is InChI=1S/C14H10BrFO2/c1-9(17)14-11(16)6-4-8-13(14)18-12-7-3-2-5-10(12)15/h2-8H,1H3. The number of ether oxygens (including phenoxy) is 1. The fourth-order valence-electron chi connectivity index (χ4n) is 1.58. The number of carbonyl (C=O) groups is 1. The van der Waals surface area contributed by atoms with Crippen molar-refractivity contribution >= 4 is 21.7 Å². The number of rotatable bonds is 3. The van der Waals surface area contributed by atoms with Gasteiger partial charge in [-0.25, -0.2) is 4.39 Å². The summed E-state index contributed by atoms with van der Waals surface area (Å²) in [4.78, 5) is 11.4. The van der Waals surface area contributed by atoms with Crippen molar-refractivity contribution in [1.82, 2.24) is 0 Å². The van der Waals surface area contributed by atoms with Crippen molar-refractivity contribution in [3.63, 3.8) is 0 Å². The predicted octanol–water partition coefficient (Wildman–Crippen LogP) is 4.58. The summed E-state index contributed by atoms with van der Waals surface area (Å²) in [5, 5.41) is 0. The van der Waals surface area contributed by atoms with Crippen LogP contribution in [0.1, 0.15) is 17.3 Å². The first-order valence-corrected chi connectivity index (χ1v) is 6.10. The van der Waals surface area contributed by atoms with Gasteiger partial charge >= 0.3 is 0 Å². The molecular weight excluding hydrogens is 299 g/mol. The average molecular weight is 309 g/mol. The molecule has 2 aromatic carbocycles. The highest BCUT2D eigenvalue weighted by molar-refractivity contribution is 9.10. The number of hydrogen-bond acceptors (Lipinski definition) is 2. The van der Waals surface area contributed by atoms with Crippen LogP contribution in [0.15, 0.2) is 46.9 Å². The SMILES string of the molecule is CC(=O)c1c(F)cccc1Oc1ccccc1Br. The number of carbonyl (C=O) groups excluding carboxylic acids is 1. The minimum Gasteiger partial charge on any atom is -0.455 e. The first kappa shape index (κ1) is 12.8. The van der Waals surface area contributed by atoms with Gasteiger partial charge in [0.1, 0.15) is 17.3 Å². The molecule has 2 nitrogen and oxygen atoms in total. The van der Waals surface area contributed by atoms with Crippen LogP contribution in [-0.2, 0) is 0 Å².